The lowest BCUT2D eigenvalue weighted by atomic mass is 10.1. The summed E-state index contributed by atoms with van der Waals surface area (Å²) in [5, 5.41) is 2.56. The number of carbonyl (C=O) groups excluding carboxylic acids is 2. The van der Waals surface area contributed by atoms with E-state index < -0.39 is 23.2 Å². The molecule has 1 aliphatic heterocycles. The number of carbonyl (C=O) groups is 2. The zero-order valence-electron chi connectivity index (χ0n) is 16.4. The SMILES string of the molecule is O=C(NCc1ccc2c(c1)CCN2C(=O)c1ccccc1)c1ccccc1C(F)(F)F. The first-order valence-corrected chi connectivity index (χ1v) is 9.78. The molecule has 0 aromatic heterocycles. The maximum Gasteiger partial charge on any atom is 0.417 e. The minimum absolute atomic E-state index is 0.0795. The van der Waals surface area contributed by atoms with Gasteiger partial charge in [0.15, 0.2) is 0 Å². The van der Waals surface area contributed by atoms with Crippen LogP contribution in [0.15, 0.2) is 72.8 Å². The molecule has 0 spiro atoms. The van der Waals surface area contributed by atoms with Gasteiger partial charge in [0.25, 0.3) is 11.8 Å². The molecule has 3 aromatic rings. The van der Waals surface area contributed by atoms with Gasteiger partial charge in [-0.25, -0.2) is 0 Å². The largest absolute Gasteiger partial charge is 0.417 e. The van der Waals surface area contributed by atoms with E-state index in [9.17, 15) is 22.8 Å². The van der Waals surface area contributed by atoms with Crippen molar-refractivity contribution in [1.82, 2.24) is 5.32 Å². The third-order valence-electron chi connectivity index (χ3n) is 5.24. The highest BCUT2D eigenvalue weighted by Crippen LogP contribution is 2.32. The molecule has 2 amide bonds. The highest BCUT2D eigenvalue weighted by Gasteiger charge is 2.34. The Morgan fingerprint density at radius 2 is 1.65 bits per heavy atom. The molecule has 0 radical (unpaired) electrons. The molecule has 158 valence electrons. The Morgan fingerprint density at radius 3 is 2.39 bits per heavy atom. The maximum absolute atomic E-state index is 13.1. The Bertz CT molecular complexity index is 1130. The van der Waals surface area contributed by atoms with E-state index >= 15 is 0 Å². The van der Waals surface area contributed by atoms with Crippen molar-refractivity contribution in [1.29, 1.82) is 0 Å². The molecule has 1 aliphatic rings. The lowest BCUT2D eigenvalue weighted by Gasteiger charge is -2.18. The molecular weight excluding hydrogens is 405 g/mol. The third kappa shape index (κ3) is 4.30. The number of anilines is 1. The van der Waals surface area contributed by atoms with Crippen LogP contribution in [0.4, 0.5) is 18.9 Å². The molecule has 31 heavy (non-hydrogen) atoms. The Hall–Kier alpha value is -3.61. The minimum Gasteiger partial charge on any atom is -0.348 e. The first-order valence-electron chi connectivity index (χ1n) is 9.78. The predicted molar refractivity (Wildman–Crippen MR) is 111 cm³/mol. The van der Waals surface area contributed by atoms with Gasteiger partial charge in [-0.2, -0.15) is 13.2 Å². The zero-order valence-corrected chi connectivity index (χ0v) is 16.4. The van der Waals surface area contributed by atoms with E-state index in [1.165, 1.54) is 12.1 Å². The van der Waals surface area contributed by atoms with E-state index in [0.29, 0.717) is 18.5 Å². The summed E-state index contributed by atoms with van der Waals surface area (Å²) >= 11 is 0. The van der Waals surface area contributed by atoms with Crippen LogP contribution in [0.1, 0.15) is 37.4 Å². The van der Waals surface area contributed by atoms with Crippen LogP contribution in [-0.4, -0.2) is 18.4 Å². The topological polar surface area (TPSA) is 49.4 Å². The van der Waals surface area contributed by atoms with Crippen LogP contribution in [0.25, 0.3) is 0 Å². The van der Waals surface area contributed by atoms with Crippen LogP contribution in [0.3, 0.4) is 0 Å². The van der Waals surface area contributed by atoms with Crippen molar-refractivity contribution in [2.45, 2.75) is 19.1 Å². The summed E-state index contributed by atoms with van der Waals surface area (Å²) in [5.41, 5.74) is 1.77. The van der Waals surface area contributed by atoms with Crippen molar-refractivity contribution >= 4 is 17.5 Å². The number of rotatable bonds is 4. The third-order valence-corrected chi connectivity index (χ3v) is 5.24. The summed E-state index contributed by atoms with van der Waals surface area (Å²) in [5.74, 6) is -0.863. The fourth-order valence-electron chi connectivity index (χ4n) is 3.72. The molecule has 0 atom stereocenters. The van der Waals surface area contributed by atoms with Gasteiger partial charge >= 0.3 is 6.18 Å². The number of benzene rings is 3. The number of nitrogens with zero attached hydrogens (tertiary/aromatic N) is 1. The van der Waals surface area contributed by atoms with Crippen LogP contribution in [0.2, 0.25) is 0 Å². The summed E-state index contributed by atoms with van der Waals surface area (Å²) in [6.07, 6.45) is -3.93. The quantitative estimate of drug-likeness (QED) is 0.652. The van der Waals surface area contributed by atoms with Crippen molar-refractivity contribution in [2.75, 3.05) is 11.4 Å². The van der Waals surface area contributed by atoms with Gasteiger partial charge in [0.05, 0.1) is 11.1 Å². The van der Waals surface area contributed by atoms with Crippen molar-refractivity contribution in [3.05, 3.63) is 101 Å². The lowest BCUT2D eigenvalue weighted by Crippen LogP contribution is -2.28. The average Bonchev–Trinajstić information content (AvgIpc) is 3.20. The fraction of sp³-hybridized carbons (Fsp3) is 0.167. The second-order valence-corrected chi connectivity index (χ2v) is 7.26. The number of nitrogens with one attached hydrogen (secondary N) is 1. The molecule has 0 saturated carbocycles. The molecule has 1 heterocycles. The molecule has 0 saturated heterocycles. The number of fused-ring (bicyclic) bond motifs is 1. The van der Waals surface area contributed by atoms with E-state index in [4.69, 9.17) is 0 Å². The first-order chi connectivity index (χ1) is 14.8. The Balaban J connectivity index is 1.47. The lowest BCUT2D eigenvalue weighted by molar-refractivity contribution is -0.137. The van der Waals surface area contributed by atoms with Gasteiger partial charge in [-0.3, -0.25) is 9.59 Å². The molecule has 0 unspecified atom stereocenters. The second-order valence-electron chi connectivity index (χ2n) is 7.26. The fourth-order valence-corrected chi connectivity index (χ4v) is 3.72. The molecular formula is C24H19F3N2O2. The first kappa shape index (κ1) is 20.7. The Kier molecular flexibility index (Phi) is 5.50. The molecule has 3 aromatic carbocycles. The summed E-state index contributed by atoms with van der Waals surface area (Å²) in [6, 6.07) is 19.2. The zero-order chi connectivity index (χ0) is 22.0. The normalized spacial score (nSPS) is 13.1. The average molecular weight is 424 g/mol. The molecule has 7 heteroatoms. The van der Waals surface area contributed by atoms with Crippen LogP contribution in [-0.2, 0) is 19.1 Å². The minimum atomic E-state index is -4.60. The molecule has 0 bridgehead atoms. The van der Waals surface area contributed by atoms with Crippen LogP contribution in [0, 0.1) is 0 Å². The number of alkyl halides is 3. The number of amides is 2. The van der Waals surface area contributed by atoms with Crippen molar-refractivity contribution in [2.24, 2.45) is 0 Å². The van der Waals surface area contributed by atoms with Crippen molar-refractivity contribution < 1.29 is 22.8 Å². The van der Waals surface area contributed by atoms with Gasteiger partial charge < -0.3 is 10.2 Å². The van der Waals surface area contributed by atoms with Gasteiger partial charge in [-0.05, 0) is 47.9 Å². The van der Waals surface area contributed by atoms with Crippen molar-refractivity contribution in [3.63, 3.8) is 0 Å². The molecule has 1 N–H and O–H groups in total. The van der Waals surface area contributed by atoms with Crippen LogP contribution >= 0.6 is 0 Å². The number of hydrogen-bond acceptors (Lipinski definition) is 2. The number of halogens is 3. The van der Waals surface area contributed by atoms with Gasteiger partial charge in [0.1, 0.15) is 0 Å². The van der Waals surface area contributed by atoms with Gasteiger partial charge in [0, 0.05) is 24.3 Å². The Morgan fingerprint density at radius 1 is 0.935 bits per heavy atom. The Labute approximate surface area is 177 Å². The summed E-state index contributed by atoms with van der Waals surface area (Å²) in [7, 11) is 0. The summed E-state index contributed by atoms with van der Waals surface area (Å²) < 4.78 is 39.4. The van der Waals surface area contributed by atoms with Crippen molar-refractivity contribution in [3.8, 4) is 0 Å². The van der Waals surface area contributed by atoms with Crippen LogP contribution < -0.4 is 10.2 Å². The molecule has 0 aliphatic carbocycles. The van der Waals surface area contributed by atoms with Gasteiger partial charge in [0.2, 0.25) is 0 Å². The van der Waals surface area contributed by atoms with Gasteiger partial charge in [-0.1, -0.05) is 42.5 Å². The second kappa shape index (κ2) is 8.26. The number of hydrogen-bond donors (Lipinski definition) is 1. The molecule has 4 rings (SSSR count). The maximum atomic E-state index is 13.1. The van der Waals surface area contributed by atoms with E-state index in [0.717, 1.165) is 28.9 Å². The van der Waals surface area contributed by atoms with E-state index in [-0.39, 0.29) is 12.5 Å². The molecule has 4 nitrogen and oxygen atoms in total. The summed E-state index contributed by atoms with van der Waals surface area (Å²) in [6.45, 7) is 0.642. The van der Waals surface area contributed by atoms with E-state index in [2.05, 4.69) is 5.32 Å². The van der Waals surface area contributed by atoms with E-state index in [1.54, 1.807) is 23.1 Å². The van der Waals surface area contributed by atoms with Crippen LogP contribution in [0.5, 0.6) is 0 Å². The predicted octanol–water partition coefficient (Wildman–Crippen LogP) is 4.84. The van der Waals surface area contributed by atoms with E-state index in [1.807, 2.05) is 30.3 Å². The highest BCUT2D eigenvalue weighted by atomic mass is 19.4. The standard InChI is InChI=1S/C24H19F3N2O2/c25-24(26,27)20-9-5-4-8-19(20)22(30)28-15-16-10-11-21-18(14-16)12-13-29(21)23(31)17-6-2-1-3-7-17/h1-11,14H,12-13,15H2,(H,28,30). The summed E-state index contributed by atoms with van der Waals surface area (Å²) in [4.78, 5) is 26.8. The highest BCUT2D eigenvalue weighted by molar-refractivity contribution is 6.07. The van der Waals surface area contributed by atoms with Gasteiger partial charge in [-0.15, -0.1) is 0 Å². The smallest absolute Gasteiger partial charge is 0.348 e. The molecule has 0 fully saturated rings. The monoisotopic (exact) mass is 424 g/mol.